The molecule has 1 saturated heterocycles. The van der Waals surface area contributed by atoms with Gasteiger partial charge in [-0.2, -0.15) is 0 Å². The number of amides is 1. The first-order chi connectivity index (χ1) is 16.0. The molecule has 0 aromatic carbocycles. The fourth-order valence-corrected chi connectivity index (χ4v) is 8.35. The molecule has 3 heterocycles. The topological polar surface area (TPSA) is 61.4 Å². The van der Waals surface area contributed by atoms with E-state index in [4.69, 9.17) is 0 Å². The van der Waals surface area contributed by atoms with Crippen LogP contribution >= 0.6 is 0 Å². The van der Waals surface area contributed by atoms with Crippen molar-refractivity contribution in [2.45, 2.75) is 90.3 Å². The van der Waals surface area contributed by atoms with Crippen LogP contribution in [-0.2, 0) is 17.8 Å². The molecule has 33 heavy (non-hydrogen) atoms. The standard InChI is InChI=1S/C27H41N5O/c1-17-4-3-5-18(2)32(17)15-26(33)31-7-6-23-25(14-31)29-16-30-27(23)28-13-24-21-9-19-8-20(11-21)12-22(24)10-19/h16-22,24H,3-15H2,1-2H3,(H,28,29,30). The van der Waals surface area contributed by atoms with Gasteiger partial charge in [0, 0.05) is 30.7 Å². The van der Waals surface area contributed by atoms with E-state index in [0.29, 0.717) is 25.2 Å². The Kier molecular flexibility index (Phi) is 5.84. The summed E-state index contributed by atoms with van der Waals surface area (Å²) in [4.78, 5) is 26.8. The molecule has 0 radical (unpaired) electrons. The first-order valence-corrected chi connectivity index (χ1v) is 13.6. The first kappa shape index (κ1) is 21.8. The van der Waals surface area contributed by atoms with Crippen molar-refractivity contribution < 1.29 is 4.79 Å². The molecule has 1 N–H and O–H groups in total. The summed E-state index contributed by atoms with van der Waals surface area (Å²) >= 11 is 0. The minimum absolute atomic E-state index is 0.253. The van der Waals surface area contributed by atoms with Crippen LogP contribution in [0.25, 0.3) is 0 Å². The van der Waals surface area contributed by atoms with Gasteiger partial charge < -0.3 is 10.2 Å². The minimum Gasteiger partial charge on any atom is -0.369 e. The number of anilines is 1. The van der Waals surface area contributed by atoms with E-state index in [0.717, 1.165) is 60.6 Å². The van der Waals surface area contributed by atoms with Crippen LogP contribution in [0.1, 0.15) is 76.5 Å². The Morgan fingerprint density at radius 3 is 2.42 bits per heavy atom. The van der Waals surface area contributed by atoms with Crippen molar-refractivity contribution >= 4 is 11.7 Å². The van der Waals surface area contributed by atoms with E-state index in [1.165, 1.54) is 56.9 Å². The van der Waals surface area contributed by atoms with Crippen molar-refractivity contribution in [1.82, 2.24) is 19.8 Å². The lowest BCUT2D eigenvalue weighted by Gasteiger charge is -2.54. The summed E-state index contributed by atoms with van der Waals surface area (Å²) < 4.78 is 0. The van der Waals surface area contributed by atoms with E-state index in [9.17, 15) is 4.79 Å². The fraction of sp³-hybridized carbons (Fsp3) is 0.815. The Bertz CT molecular complexity index is 849. The van der Waals surface area contributed by atoms with E-state index in [2.05, 4.69) is 34.0 Å². The van der Waals surface area contributed by atoms with Crippen molar-refractivity contribution in [1.29, 1.82) is 0 Å². The average molecular weight is 452 g/mol. The molecule has 180 valence electrons. The van der Waals surface area contributed by atoms with Crippen LogP contribution in [0.15, 0.2) is 6.33 Å². The van der Waals surface area contributed by atoms with Crippen molar-refractivity contribution in [3.63, 3.8) is 0 Å². The van der Waals surface area contributed by atoms with Gasteiger partial charge in [0.15, 0.2) is 0 Å². The van der Waals surface area contributed by atoms with Gasteiger partial charge in [0.1, 0.15) is 12.1 Å². The van der Waals surface area contributed by atoms with Gasteiger partial charge >= 0.3 is 0 Å². The number of nitrogens with one attached hydrogen (secondary N) is 1. The molecule has 2 aliphatic heterocycles. The highest BCUT2D eigenvalue weighted by Gasteiger charge is 2.47. The lowest BCUT2D eigenvalue weighted by atomic mass is 9.52. The summed E-state index contributed by atoms with van der Waals surface area (Å²) in [5.74, 6) is 6.00. The fourth-order valence-electron chi connectivity index (χ4n) is 8.35. The van der Waals surface area contributed by atoms with Gasteiger partial charge in [-0.05, 0) is 94.8 Å². The number of nitrogens with zero attached hydrogens (tertiary/aromatic N) is 4. The molecule has 2 unspecified atom stereocenters. The van der Waals surface area contributed by atoms with Crippen molar-refractivity contribution in [3.05, 3.63) is 17.6 Å². The van der Waals surface area contributed by atoms with E-state index in [1.54, 1.807) is 6.33 Å². The minimum atomic E-state index is 0.253. The van der Waals surface area contributed by atoms with Crippen molar-refractivity contribution in [2.75, 3.05) is 25.0 Å². The summed E-state index contributed by atoms with van der Waals surface area (Å²) in [5.41, 5.74) is 2.28. The number of carbonyl (C=O) groups excluding carboxylic acids is 1. The van der Waals surface area contributed by atoms with Crippen LogP contribution in [0.4, 0.5) is 5.82 Å². The van der Waals surface area contributed by atoms with E-state index >= 15 is 0 Å². The van der Waals surface area contributed by atoms with Gasteiger partial charge in [0.25, 0.3) is 0 Å². The monoisotopic (exact) mass is 451 g/mol. The molecule has 0 spiro atoms. The number of rotatable bonds is 5. The molecule has 7 rings (SSSR count). The van der Waals surface area contributed by atoms with Gasteiger partial charge in [-0.1, -0.05) is 6.42 Å². The summed E-state index contributed by atoms with van der Waals surface area (Å²) in [6, 6.07) is 0.996. The number of piperidine rings is 1. The number of hydrogen-bond acceptors (Lipinski definition) is 5. The highest BCUT2D eigenvalue weighted by molar-refractivity contribution is 5.78. The number of hydrogen-bond donors (Lipinski definition) is 1. The number of fused-ring (bicyclic) bond motifs is 1. The Labute approximate surface area is 198 Å². The molecular formula is C27H41N5O. The second kappa shape index (κ2) is 8.83. The second-order valence-corrected chi connectivity index (χ2v) is 12.0. The molecule has 1 amide bonds. The molecule has 4 bridgehead atoms. The Hall–Kier alpha value is -1.69. The highest BCUT2D eigenvalue weighted by atomic mass is 16.2. The molecule has 6 nitrogen and oxygen atoms in total. The number of carbonyl (C=O) groups is 1. The van der Waals surface area contributed by atoms with Crippen LogP contribution in [-0.4, -0.2) is 57.4 Å². The normalized spacial score (nSPS) is 37.8. The molecule has 6 aliphatic rings. The van der Waals surface area contributed by atoms with E-state index in [1.807, 2.05) is 4.90 Å². The third-order valence-electron chi connectivity index (χ3n) is 9.98. The molecule has 6 heteroatoms. The molecule has 4 aliphatic carbocycles. The van der Waals surface area contributed by atoms with Crippen molar-refractivity contribution in [3.8, 4) is 0 Å². The average Bonchev–Trinajstić information content (AvgIpc) is 2.80. The summed E-state index contributed by atoms with van der Waals surface area (Å²) in [6.07, 6.45) is 13.6. The lowest BCUT2D eigenvalue weighted by molar-refractivity contribution is -0.135. The van der Waals surface area contributed by atoms with Crippen LogP contribution < -0.4 is 5.32 Å². The second-order valence-electron chi connectivity index (χ2n) is 12.0. The molecule has 1 aromatic rings. The Morgan fingerprint density at radius 2 is 1.73 bits per heavy atom. The molecule has 2 atom stereocenters. The van der Waals surface area contributed by atoms with E-state index in [-0.39, 0.29) is 5.91 Å². The molecule has 5 fully saturated rings. The third-order valence-corrected chi connectivity index (χ3v) is 9.98. The first-order valence-electron chi connectivity index (χ1n) is 13.6. The lowest BCUT2D eigenvalue weighted by Crippen LogP contribution is -2.50. The van der Waals surface area contributed by atoms with Crippen LogP contribution in [0.2, 0.25) is 0 Å². The maximum Gasteiger partial charge on any atom is 0.237 e. The zero-order valence-electron chi connectivity index (χ0n) is 20.5. The van der Waals surface area contributed by atoms with Crippen molar-refractivity contribution in [2.24, 2.45) is 29.6 Å². The summed E-state index contributed by atoms with van der Waals surface area (Å²) in [5, 5.41) is 3.76. The SMILES string of the molecule is CC1CCCC(C)N1CC(=O)N1CCc2c(ncnc2NCC2C3CC4CC(C3)CC2C4)C1. The van der Waals surface area contributed by atoms with Gasteiger partial charge in [-0.15, -0.1) is 0 Å². The molecule has 4 saturated carbocycles. The summed E-state index contributed by atoms with van der Waals surface area (Å²) in [7, 11) is 0. The predicted octanol–water partition coefficient (Wildman–Crippen LogP) is 4.11. The zero-order chi connectivity index (χ0) is 22.5. The number of likely N-dealkylation sites (tertiary alicyclic amines) is 1. The van der Waals surface area contributed by atoms with E-state index < -0.39 is 0 Å². The largest absolute Gasteiger partial charge is 0.369 e. The predicted molar refractivity (Wildman–Crippen MR) is 130 cm³/mol. The molecule has 1 aromatic heterocycles. The van der Waals surface area contributed by atoms with Gasteiger partial charge in [-0.3, -0.25) is 9.69 Å². The Balaban J connectivity index is 1.09. The van der Waals surface area contributed by atoms with Gasteiger partial charge in [0.05, 0.1) is 18.8 Å². The number of aromatic nitrogens is 2. The zero-order valence-corrected chi connectivity index (χ0v) is 20.5. The summed E-state index contributed by atoms with van der Waals surface area (Å²) in [6.45, 7) is 7.54. The van der Waals surface area contributed by atoms with Crippen LogP contribution in [0.3, 0.4) is 0 Å². The maximum absolute atomic E-state index is 13.2. The highest BCUT2D eigenvalue weighted by Crippen LogP contribution is 2.56. The third kappa shape index (κ3) is 4.17. The van der Waals surface area contributed by atoms with Gasteiger partial charge in [0.2, 0.25) is 5.91 Å². The van der Waals surface area contributed by atoms with Crippen LogP contribution in [0.5, 0.6) is 0 Å². The van der Waals surface area contributed by atoms with Crippen LogP contribution in [0, 0.1) is 29.6 Å². The molecular weight excluding hydrogens is 410 g/mol. The Morgan fingerprint density at radius 1 is 1.03 bits per heavy atom. The maximum atomic E-state index is 13.2. The van der Waals surface area contributed by atoms with Gasteiger partial charge in [-0.25, -0.2) is 9.97 Å². The quantitative estimate of drug-likeness (QED) is 0.730. The smallest absolute Gasteiger partial charge is 0.237 e.